The van der Waals surface area contributed by atoms with E-state index in [2.05, 4.69) is 25.5 Å². The molecule has 1 fully saturated rings. The maximum atomic E-state index is 14.5. The molecule has 10 nitrogen and oxygen atoms in total. The molecule has 216 valence electrons. The van der Waals surface area contributed by atoms with Gasteiger partial charge in [0.25, 0.3) is 0 Å². The number of hydrogen-bond donors (Lipinski definition) is 2. The number of fused-ring (bicyclic) bond motifs is 1. The number of rotatable bonds is 7. The number of anilines is 3. The quantitative estimate of drug-likeness (QED) is 0.243. The number of morpholine rings is 1. The van der Waals surface area contributed by atoms with E-state index in [1.165, 1.54) is 6.20 Å². The number of urea groups is 1. The molecule has 4 heterocycles. The molecule has 43 heavy (non-hydrogen) atoms. The van der Waals surface area contributed by atoms with Crippen molar-refractivity contribution in [3.63, 3.8) is 0 Å². The summed E-state index contributed by atoms with van der Waals surface area (Å²) >= 11 is 0. The molecule has 0 unspecified atom stereocenters. The van der Waals surface area contributed by atoms with E-state index in [4.69, 9.17) is 14.7 Å². The molecule has 3 aromatic heterocycles. The van der Waals surface area contributed by atoms with Gasteiger partial charge in [-0.15, -0.1) is 0 Å². The zero-order valence-electron chi connectivity index (χ0n) is 23.4. The van der Waals surface area contributed by atoms with Crippen LogP contribution in [0.1, 0.15) is 12.5 Å². The van der Waals surface area contributed by atoms with Crippen LogP contribution in [0.25, 0.3) is 33.5 Å². The molecule has 1 saturated heterocycles. The van der Waals surface area contributed by atoms with Crippen molar-refractivity contribution in [3.05, 3.63) is 90.6 Å². The first kappa shape index (κ1) is 27.9. The van der Waals surface area contributed by atoms with Crippen LogP contribution in [0.5, 0.6) is 0 Å². The molecule has 6 rings (SSSR count). The second-order valence-electron chi connectivity index (χ2n) is 10.1. The van der Waals surface area contributed by atoms with Gasteiger partial charge in [0.05, 0.1) is 18.7 Å². The molecule has 0 spiro atoms. The van der Waals surface area contributed by atoms with Gasteiger partial charge in [-0.2, -0.15) is 4.39 Å². The SMILES string of the molecule is CC(=O)Cc1ccc(NC(=O)Nc2ccc(-c3nc(N4CCOCC4)c4ncc(-c5cccnc5F)cc4n3)cc2)cc1. The minimum atomic E-state index is -0.580. The first-order chi connectivity index (χ1) is 20.9. The minimum absolute atomic E-state index is 0.0786. The lowest BCUT2D eigenvalue weighted by Gasteiger charge is -2.28. The van der Waals surface area contributed by atoms with Gasteiger partial charge in [0.15, 0.2) is 11.6 Å². The van der Waals surface area contributed by atoms with Gasteiger partial charge in [-0.25, -0.2) is 19.7 Å². The van der Waals surface area contributed by atoms with Crippen molar-refractivity contribution in [2.75, 3.05) is 41.8 Å². The maximum Gasteiger partial charge on any atom is 0.323 e. The summed E-state index contributed by atoms with van der Waals surface area (Å²) in [6.07, 6.45) is 3.37. The van der Waals surface area contributed by atoms with Crippen molar-refractivity contribution < 1.29 is 18.7 Å². The third kappa shape index (κ3) is 6.47. The van der Waals surface area contributed by atoms with E-state index in [0.717, 1.165) is 11.1 Å². The lowest BCUT2D eigenvalue weighted by atomic mass is 10.1. The van der Waals surface area contributed by atoms with E-state index in [1.807, 2.05) is 24.3 Å². The van der Waals surface area contributed by atoms with Gasteiger partial charge in [-0.1, -0.05) is 12.1 Å². The van der Waals surface area contributed by atoms with Crippen LogP contribution in [-0.2, 0) is 16.0 Å². The van der Waals surface area contributed by atoms with Crippen molar-refractivity contribution in [2.24, 2.45) is 0 Å². The Balaban J connectivity index is 1.25. The van der Waals surface area contributed by atoms with Gasteiger partial charge < -0.3 is 20.3 Å². The number of Topliss-reactive ketones (excluding diaryl/α,β-unsaturated/α-hetero) is 1. The number of aromatic nitrogens is 4. The molecular formula is C32H28FN7O3. The Labute approximate surface area is 247 Å². The Bertz CT molecular complexity index is 1790. The van der Waals surface area contributed by atoms with E-state index in [1.54, 1.807) is 55.6 Å². The Morgan fingerprint density at radius 2 is 1.60 bits per heavy atom. The molecule has 5 aromatic rings. The number of ketones is 1. The Morgan fingerprint density at radius 3 is 2.28 bits per heavy atom. The number of halogens is 1. The van der Waals surface area contributed by atoms with Crippen LogP contribution >= 0.6 is 0 Å². The van der Waals surface area contributed by atoms with Crippen LogP contribution < -0.4 is 15.5 Å². The highest BCUT2D eigenvalue weighted by Gasteiger charge is 2.20. The first-order valence-corrected chi connectivity index (χ1v) is 13.8. The number of pyridine rings is 2. The largest absolute Gasteiger partial charge is 0.378 e. The van der Waals surface area contributed by atoms with Crippen LogP contribution in [-0.4, -0.2) is 58.1 Å². The minimum Gasteiger partial charge on any atom is -0.378 e. The topological polar surface area (TPSA) is 122 Å². The monoisotopic (exact) mass is 577 g/mol. The summed E-state index contributed by atoms with van der Waals surface area (Å²) in [6.45, 7) is 4.00. The number of carbonyl (C=O) groups is 2. The number of amides is 2. The predicted molar refractivity (Wildman–Crippen MR) is 162 cm³/mol. The standard InChI is InChI=1S/C32H28FN7O3/c1-20(41)17-21-4-8-24(9-5-21)36-32(42)37-25-10-6-22(7-11-25)30-38-27-18-23(26-3-2-12-34-29(26)33)19-35-28(27)31(39-30)40-13-15-43-16-14-40/h2-12,18-19H,13-17H2,1H3,(H2,36,37,42). The predicted octanol–water partition coefficient (Wildman–Crippen LogP) is 5.51. The van der Waals surface area contributed by atoms with Crippen LogP contribution in [0.4, 0.5) is 26.4 Å². The smallest absolute Gasteiger partial charge is 0.323 e. The summed E-state index contributed by atoms with van der Waals surface area (Å²) in [5.74, 6) is 0.650. The number of benzene rings is 2. The molecule has 0 radical (unpaired) electrons. The summed E-state index contributed by atoms with van der Waals surface area (Å²) < 4.78 is 20.0. The Hall–Kier alpha value is -5.29. The molecule has 0 aliphatic carbocycles. The number of carbonyl (C=O) groups excluding carboxylic acids is 2. The number of nitrogens with one attached hydrogen (secondary N) is 2. The van der Waals surface area contributed by atoms with Gasteiger partial charge in [-0.3, -0.25) is 9.78 Å². The molecule has 2 N–H and O–H groups in total. The fourth-order valence-electron chi connectivity index (χ4n) is 4.87. The zero-order chi connectivity index (χ0) is 29.8. The van der Waals surface area contributed by atoms with E-state index in [-0.39, 0.29) is 5.78 Å². The second kappa shape index (κ2) is 12.3. The molecule has 1 aliphatic heterocycles. The zero-order valence-corrected chi connectivity index (χ0v) is 23.4. The molecule has 0 atom stereocenters. The Morgan fingerprint density at radius 1 is 0.907 bits per heavy atom. The van der Waals surface area contributed by atoms with Crippen LogP contribution in [0, 0.1) is 5.95 Å². The molecule has 2 aromatic carbocycles. The molecule has 1 aliphatic rings. The summed E-state index contributed by atoms with van der Waals surface area (Å²) in [4.78, 5) is 44.1. The summed E-state index contributed by atoms with van der Waals surface area (Å²) in [5, 5.41) is 5.61. The van der Waals surface area contributed by atoms with Gasteiger partial charge in [-0.05, 0) is 67.1 Å². The number of hydrogen-bond acceptors (Lipinski definition) is 8. The van der Waals surface area contributed by atoms with Crippen LogP contribution in [0.3, 0.4) is 0 Å². The van der Waals surface area contributed by atoms with Gasteiger partial charge >= 0.3 is 6.03 Å². The van der Waals surface area contributed by atoms with Gasteiger partial charge in [0.2, 0.25) is 5.95 Å². The highest BCUT2D eigenvalue weighted by atomic mass is 19.1. The summed E-state index contributed by atoms with van der Waals surface area (Å²) in [7, 11) is 0. The van der Waals surface area contributed by atoms with Crippen molar-refractivity contribution >= 4 is 40.0 Å². The fourth-order valence-corrected chi connectivity index (χ4v) is 4.87. The first-order valence-electron chi connectivity index (χ1n) is 13.8. The number of nitrogens with zero attached hydrogens (tertiary/aromatic N) is 5. The van der Waals surface area contributed by atoms with Crippen molar-refractivity contribution in [2.45, 2.75) is 13.3 Å². The van der Waals surface area contributed by atoms with Gasteiger partial charge in [0, 0.05) is 60.0 Å². The van der Waals surface area contributed by atoms with Crippen molar-refractivity contribution in [1.29, 1.82) is 0 Å². The van der Waals surface area contributed by atoms with Crippen molar-refractivity contribution in [3.8, 4) is 22.5 Å². The van der Waals surface area contributed by atoms with Crippen molar-refractivity contribution in [1.82, 2.24) is 19.9 Å². The fraction of sp³-hybridized carbons (Fsp3) is 0.188. The third-order valence-corrected chi connectivity index (χ3v) is 6.96. The summed E-state index contributed by atoms with van der Waals surface area (Å²) in [6, 6.07) is 19.1. The molecular weight excluding hydrogens is 549 g/mol. The number of ether oxygens (including phenoxy) is 1. The van der Waals surface area contributed by atoms with Crippen LogP contribution in [0.15, 0.2) is 79.1 Å². The maximum absolute atomic E-state index is 14.5. The average Bonchev–Trinajstić information content (AvgIpc) is 3.02. The van der Waals surface area contributed by atoms with E-state index in [0.29, 0.717) is 77.9 Å². The molecule has 0 bridgehead atoms. The van der Waals surface area contributed by atoms with E-state index >= 15 is 0 Å². The second-order valence-corrected chi connectivity index (χ2v) is 10.1. The third-order valence-electron chi connectivity index (χ3n) is 6.96. The normalized spacial score (nSPS) is 13.1. The highest BCUT2D eigenvalue weighted by Crippen LogP contribution is 2.31. The molecule has 2 amide bonds. The molecule has 11 heteroatoms. The highest BCUT2D eigenvalue weighted by molar-refractivity contribution is 6.00. The average molecular weight is 578 g/mol. The lowest BCUT2D eigenvalue weighted by Crippen LogP contribution is -2.37. The Kier molecular flexibility index (Phi) is 7.96. The summed E-state index contributed by atoms with van der Waals surface area (Å²) in [5.41, 5.74) is 4.91. The molecule has 0 saturated carbocycles. The van der Waals surface area contributed by atoms with Crippen LogP contribution in [0.2, 0.25) is 0 Å². The van der Waals surface area contributed by atoms with E-state index in [9.17, 15) is 14.0 Å². The van der Waals surface area contributed by atoms with Gasteiger partial charge in [0.1, 0.15) is 11.3 Å². The lowest BCUT2D eigenvalue weighted by molar-refractivity contribution is -0.116. The van der Waals surface area contributed by atoms with E-state index < -0.39 is 12.0 Å².